The Labute approximate surface area is 259 Å². The van der Waals surface area contributed by atoms with Gasteiger partial charge in [-0.1, -0.05) is 74.9 Å². The van der Waals surface area contributed by atoms with Gasteiger partial charge in [0.15, 0.2) is 0 Å². The zero-order chi connectivity index (χ0) is 29.9. The summed E-state index contributed by atoms with van der Waals surface area (Å²) in [6.45, 7) is 7.92. The first-order chi connectivity index (χ1) is 21.2. The molecule has 0 aliphatic carbocycles. The molecule has 1 aromatic heterocycles. The molecule has 6 heteroatoms. The van der Waals surface area contributed by atoms with Crippen molar-refractivity contribution in [1.82, 2.24) is 4.98 Å². The van der Waals surface area contributed by atoms with E-state index in [0.29, 0.717) is 19.8 Å². The summed E-state index contributed by atoms with van der Waals surface area (Å²) < 4.78 is 25.2. The summed E-state index contributed by atoms with van der Waals surface area (Å²) in [4.78, 5) is 4.55. The Balaban J connectivity index is 1.24. The molecule has 0 spiro atoms. The van der Waals surface area contributed by atoms with Gasteiger partial charge in [-0.25, -0.2) is 4.98 Å². The van der Waals surface area contributed by atoms with E-state index in [9.17, 15) is 0 Å². The van der Waals surface area contributed by atoms with Crippen molar-refractivity contribution in [2.75, 3.05) is 13.2 Å². The smallest absolute Gasteiger partial charge is 0.134 e. The third-order valence-corrected chi connectivity index (χ3v) is 7.96. The van der Waals surface area contributed by atoms with Gasteiger partial charge in [0.1, 0.15) is 40.4 Å². The minimum Gasteiger partial charge on any atom is -0.493 e. The third-order valence-electron chi connectivity index (χ3n) is 7.15. The van der Waals surface area contributed by atoms with Gasteiger partial charge < -0.3 is 18.9 Å². The predicted molar refractivity (Wildman–Crippen MR) is 175 cm³/mol. The molecule has 0 N–H and O–H groups in total. The van der Waals surface area contributed by atoms with E-state index in [1.807, 2.05) is 72.2 Å². The number of ether oxygens (including phenoxy) is 4. The first-order valence-electron chi connectivity index (χ1n) is 15.0. The number of nitrogens with zero attached hydrogens (tertiary/aromatic N) is 1. The van der Waals surface area contributed by atoms with Crippen molar-refractivity contribution in [2.45, 2.75) is 53.1 Å². The lowest BCUT2D eigenvalue weighted by Crippen LogP contribution is -2.08. The first-order valence-corrected chi connectivity index (χ1v) is 15.9. The highest BCUT2D eigenvalue weighted by molar-refractivity contribution is 7.13. The first kappa shape index (κ1) is 30.2. The Morgan fingerprint density at radius 3 is 2.21 bits per heavy atom. The molecular formula is C37H39NO4S. The van der Waals surface area contributed by atoms with Crippen LogP contribution in [0.2, 0.25) is 0 Å². The molecule has 0 fully saturated rings. The van der Waals surface area contributed by atoms with Crippen LogP contribution in [0.4, 0.5) is 0 Å². The SMILES string of the molecule is CCCc1c(OCCCOc2cc(OCc3ccccc3)c(-c3nccs3)cc2CC)cccc1Oc1ccccc1C. The number of aromatic nitrogens is 1. The molecule has 0 aliphatic heterocycles. The van der Waals surface area contributed by atoms with Crippen LogP contribution in [0.3, 0.4) is 0 Å². The fourth-order valence-electron chi connectivity index (χ4n) is 4.88. The maximum Gasteiger partial charge on any atom is 0.134 e. The van der Waals surface area contributed by atoms with Gasteiger partial charge in [0.25, 0.3) is 0 Å². The van der Waals surface area contributed by atoms with Crippen LogP contribution in [0.1, 0.15) is 48.9 Å². The fraction of sp³-hybridized carbons (Fsp3) is 0.270. The van der Waals surface area contributed by atoms with Gasteiger partial charge in [-0.2, -0.15) is 0 Å². The van der Waals surface area contributed by atoms with E-state index >= 15 is 0 Å². The zero-order valence-corrected chi connectivity index (χ0v) is 26.0. The van der Waals surface area contributed by atoms with Crippen molar-refractivity contribution < 1.29 is 18.9 Å². The number of benzene rings is 4. The Morgan fingerprint density at radius 1 is 0.721 bits per heavy atom. The number of hydrogen-bond donors (Lipinski definition) is 0. The summed E-state index contributed by atoms with van der Waals surface area (Å²) in [5, 5.41) is 2.93. The van der Waals surface area contributed by atoms with Gasteiger partial charge in [0.2, 0.25) is 0 Å². The van der Waals surface area contributed by atoms with Crippen LogP contribution in [0, 0.1) is 6.92 Å². The lowest BCUT2D eigenvalue weighted by molar-refractivity contribution is 0.243. The molecule has 5 rings (SSSR count). The Bertz CT molecular complexity index is 1580. The number of aryl methyl sites for hydroxylation is 2. The maximum absolute atomic E-state index is 6.32. The van der Waals surface area contributed by atoms with Crippen LogP contribution in [-0.4, -0.2) is 18.2 Å². The minimum absolute atomic E-state index is 0.477. The predicted octanol–water partition coefficient (Wildman–Crippen LogP) is 9.85. The van der Waals surface area contributed by atoms with E-state index in [1.165, 1.54) is 0 Å². The molecule has 1 heterocycles. The van der Waals surface area contributed by atoms with E-state index < -0.39 is 0 Å². The van der Waals surface area contributed by atoms with Crippen LogP contribution in [-0.2, 0) is 19.4 Å². The minimum atomic E-state index is 0.477. The Hall–Kier alpha value is -4.29. The Kier molecular flexibility index (Phi) is 10.7. The van der Waals surface area contributed by atoms with Crippen LogP contribution < -0.4 is 18.9 Å². The molecule has 0 aliphatic rings. The van der Waals surface area contributed by atoms with Crippen molar-refractivity contribution in [3.63, 3.8) is 0 Å². The topological polar surface area (TPSA) is 49.8 Å². The van der Waals surface area contributed by atoms with E-state index in [4.69, 9.17) is 18.9 Å². The summed E-state index contributed by atoms with van der Waals surface area (Å²) >= 11 is 1.61. The van der Waals surface area contributed by atoms with Crippen molar-refractivity contribution in [1.29, 1.82) is 0 Å². The second-order valence-electron chi connectivity index (χ2n) is 10.3. The largest absolute Gasteiger partial charge is 0.493 e. The molecule has 222 valence electrons. The molecule has 0 atom stereocenters. The van der Waals surface area contributed by atoms with E-state index in [2.05, 4.69) is 50.0 Å². The maximum atomic E-state index is 6.32. The summed E-state index contributed by atoms with van der Waals surface area (Å²) in [5.41, 5.74) is 5.44. The second kappa shape index (κ2) is 15.3. The lowest BCUT2D eigenvalue weighted by Gasteiger charge is -2.18. The van der Waals surface area contributed by atoms with Crippen molar-refractivity contribution >= 4 is 11.3 Å². The summed E-state index contributed by atoms with van der Waals surface area (Å²) in [6, 6.07) is 28.5. The highest BCUT2D eigenvalue weighted by atomic mass is 32.1. The summed E-state index contributed by atoms with van der Waals surface area (Å²) in [6.07, 6.45) is 5.29. The summed E-state index contributed by atoms with van der Waals surface area (Å²) in [5.74, 6) is 4.20. The zero-order valence-electron chi connectivity index (χ0n) is 25.2. The number of thiazole rings is 1. The molecule has 5 aromatic rings. The lowest BCUT2D eigenvalue weighted by atomic mass is 10.1. The van der Waals surface area contributed by atoms with Crippen molar-refractivity contribution in [3.8, 4) is 39.3 Å². The average Bonchev–Trinajstić information content (AvgIpc) is 3.58. The molecule has 0 saturated heterocycles. The molecule has 0 bridgehead atoms. The van der Waals surface area contributed by atoms with Crippen LogP contribution in [0.25, 0.3) is 10.6 Å². The second-order valence-corrected chi connectivity index (χ2v) is 11.2. The summed E-state index contributed by atoms with van der Waals surface area (Å²) in [7, 11) is 0. The molecule has 0 saturated carbocycles. The van der Waals surface area contributed by atoms with Crippen molar-refractivity contribution in [2.24, 2.45) is 0 Å². The van der Waals surface area contributed by atoms with Crippen LogP contribution in [0.5, 0.6) is 28.7 Å². The molecule has 43 heavy (non-hydrogen) atoms. The van der Waals surface area contributed by atoms with Crippen molar-refractivity contribution in [3.05, 3.63) is 119 Å². The average molecular weight is 594 g/mol. The van der Waals surface area contributed by atoms with Gasteiger partial charge in [-0.3, -0.25) is 0 Å². The number of hydrogen-bond acceptors (Lipinski definition) is 6. The van der Waals surface area contributed by atoms with Crippen LogP contribution in [0.15, 0.2) is 96.5 Å². The van der Waals surface area contributed by atoms with Gasteiger partial charge in [0.05, 0.1) is 18.8 Å². The highest BCUT2D eigenvalue weighted by Gasteiger charge is 2.16. The number of para-hydroxylation sites is 1. The third kappa shape index (κ3) is 7.96. The molecular weight excluding hydrogens is 554 g/mol. The Morgan fingerprint density at radius 2 is 1.47 bits per heavy atom. The van der Waals surface area contributed by atoms with Crippen LogP contribution >= 0.6 is 11.3 Å². The molecule has 5 nitrogen and oxygen atoms in total. The molecule has 0 unspecified atom stereocenters. The normalized spacial score (nSPS) is 10.9. The number of rotatable bonds is 15. The fourth-order valence-corrected chi connectivity index (χ4v) is 5.54. The molecule has 0 amide bonds. The van der Waals surface area contributed by atoms with Gasteiger partial charge in [-0.05, 0) is 60.7 Å². The van der Waals surface area contributed by atoms with E-state index in [1.54, 1.807) is 11.3 Å². The standard InChI is InChI=1S/C37H39NO4S/c1-4-13-30-33(18-11-19-34(30)42-32-17-10-9-14-27(32)3)39-21-12-22-40-35-25-36(41-26-28-15-7-6-8-16-28)31(24-29(35)5-2)37-38-20-23-43-37/h6-11,14-20,23-25H,4-5,12-13,21-22,26H2,1-3H3. The van der Waals surface area contributed by atoms with E-state index in [0.717, 1.165) is 87.3 Å². The van der Waals surface area contributed by atoms with Gasteiger partial charge >= 0.3 is 0 Å². The highest BCUT2D eigenvalue weighted by Crippen LogP contribution is 2.38. The quantitative estimate of drug-likeness (QED) is 0.113. The molecule has 0 radical (unpaired) electrons. The van der Waals surface area contributed by atoms with Gasteiger partial charge in [-0.15, -0.1) is 11.3 Å². The van der Waals surface area contributed by atoms with E-state index in [-0.39, 0.29) is 0 Å². The monoisotopic (exact) mass is 593 g/mol. The molecule has 4 aromatic carbocycles. The van der Waals surface area contributed by atoms with Gasteiger partial charge in [0, 0.05) is 29.6 Å².